The lowest BCUT2D eigenvalue weighted by Crippen LogP contribution is -2.50. The number of nitrogens with one attached hydrogen (secondary N) is 1. The maximum Gasteiger partial charge on any atom is 0.234 e. The molecule has 0 spiro atoms. The Morgan fingerprint density at radius 3 is 3.06 bits per heavy atom. The molecule has 0 aromatic rings. The minimum absolute atomic E-state index is 0.0668. The molecule has 0 aromatic carbocycles. The van der Waals surface area contributed by atoms with Crippen LogP contribution in [0.25, 0.3) is 0 Å². The van der Waals surface area contributed by atoms with Gasteiger partial charge >= 0.3 is 0 Å². The van der Waals surface area contributed by atoms with E-state index in [0.29, 0.717) is 18.5 Å². The van der Waals surface area contributed by atoms with Gasteiger partial charge < -0.3 is 10.1 Å². The fourth-order valence-electron chi connectivity index (χ4n) is 2.62. The summed E-state index contributed by atoms with van der Waals surface area (Å²) in [6.07, 6.45) is 2.69. The summed E-state index contributed by atoms with van der Waals surface area (Å²) < 4.78 is 5.81. The number of rotatable bonds is 4. The van der Waals surface area contributed by atoms with Gasteiger partial charge in [-0.15, -0.1) is 0 Å². The first kappa shape index (κ1) is 14.3. The van der Waals surface area contributed by atoms with Crippen LogP contribution in [0, 0.1) is 5.92 Å². The highest BCUT2D eigenvalue weighted by molar-refractivity contribution is 9.10. The van der Waals surface area contributed by atoms with E-state index in [4.69, 9.17) is 4.74 Å². The zero-order chi connectivity index (χ0) is 13.1. The summed E-state index contributed by atoms with van der Waals surface area (Å²) >= 11 is 3.41. The molecule has 0 saturated carbocycles. The third-order valence-electron chi connectivity index (χ3n) is 3.80. The molecular weight excluding hydrogens is 296 g/mol. The number of carbonyl (C=O) groups is 1. The Bertz CT molecular complexity index is 299. The van der Waals surface area contributed by atoms with Gasteiger partial charge in [0.1, 0.15) is 0 Å². The Balaban J connectivity index is 1.72. The van der Waals surface area contributed by atoms with Crippen molar-refractivity contribution in [3.05, 3.63) is 0 Å². The second-order valence-electron chi connectivity index (χ2n) is 5.64. The minimum Gasteiger partial charge on any atom is -0.373 e. The van der Waals surface area contributed by atoms with Crippen LogP contribution < -0.4 is 5.32 Å². The van der Waals surface area contributed by atoms with Crippen LogP contribution in [0.4, 0.5) is 0 Å². The number of hydrogen-bond acceptors (Lipinski definition) is 3. The minimum atomic E-state index is -0.111. The second kappa shape index (κ2) is 6.35. The fourth-order valence-corrected chi connectivity index (χ4v) is 2.79. The Kier molecular flexibility index (Phi) is 5.04. The van der Waals surface area contributed by atoms with Gasteiger partial charge in [0.05, 0.1) is 17.5 Å². The fraction of sp³-hybridized carbons (Fsp3) is 0.923. The van der Waals surface area contributed by atoms with E-state index in [1.165, 1.54) is 19.4 Å². The van der Waals surface area contributed by atoms with Crippen LogP contribution in [0.2, 0.25) is 0 Å². The van der Waals surface area contributed by atoms with Gasteiger partial charge in [-0.05, 0) is 25.3 Å². The predicted octanol–water partition coefficient (Wildman–Crippen LogP) is 1.39. The first-order valence-corrected chi connectivity index (χ1v) is 7.77. The number of nitrogens with zero attached hydrogens (tertiary/aromatic N) is 1. The van der Waals surface area contributed by atoms with Gasteiger partial charge in [0.25, 0.3) is 0 Å². The average molecular weight is 319 g/mol. The molecule has 1 N–H and O–H groups in total. The molecular formula is C13H23BrN2O2. The Morgan fingerprint density at radius 1 is 1.56 bits per heavy atom. The van der Waals surface area contributed by atoms with Gasteiger partial charge in [-0.25, -0.2) is 0 Å². The number of halogens is 1. The van der Waals surface area contributed by atoms with Crippen LogP contribution >= 0.6 is 15.9 Å². The summed E-state index contributed by atoms with van der Waals surface area (Å²) in [7, 11) is 0. The highest BCUT2D eigenvalue weighted by Crippen LogP contribution is 2.22. The van der Waals surface area contributed by atoms with Crippen molar-refractivity contribution in [3.63, 3.8) is 0 Å². The maximum absolute atomic E-state index is 11.8. The SMILES string of the molecule is CC(C)C(Br)C(=O)NCC1CN2CCCC2CO1. The summed E-state index contributed by atoms with van der Waals surface area (Å²) in [5.41, 5.74) is 0. The van der Waals surface area contributed by atoms with Crippen LogP contribution in [0.15, 0.2) is 0 Å². The molecule has 2 rings (SSSR count). The normalized spacial score (nSPS) is 30.2. The molecule has 1 amide bonds. The molecule has 2 saturated heterocycles. The lowest BCUT2D eigenvalue weighted by Gasteiger charge is -2.35. The molecule has 4 nitrogen and oxygen atoms in total. The van der Waals surface area contributed by atoms with E-state index in [0.717, 1.165) is 13.2 Å². The Morgan fingerprint density at radius 2 is 2.33 bits per heavy atom. The van der Waals surface area contributed by atoms with Crippen LogP contribution in [-0.2, 0) is 9.53 Å². The molecule has 0 radical (unpaired) electrons. The van der Waals surface area contributed by atoms with Crippen molar-refractivity contribution in [2.45, 2.75) is 43.7 Å². The molecule has 18 heavy (non-hydrogen) atoms. The molecule has 5 heteroatoms. The molecule has 3 unspecified atom stereocenters. The van der Waals surface area contributed by atoms with Gasteiger partial charge in [-0.2, -0.15) is 0 Å². The van der Waals surface area contributed by atoms with Crippen molar-refractivity contribution in [2.24, 2.45) is 5.92 Å². The van der Waals surface area contributed by atoms with Crippen molar-refractivity contribution in [1.82, 2.24) is 10.2 Å². The van der Waals surface area contributed by atoms with E-state index < -0.39 is 0 Å². The second-order valence-corrected chi connectivity index (χ2v) is 6.62. The van der Waals surface area contributed by atoms with Crippen molar-refractivity contribution >= 4 is 21.8 Å². The summed E-state index contributed by atoms with van der Waals surface area (Å²) in [6, 6.07) is 0.622. The molecule has 0 bridgehead atoms. The standard InChI is InChI=1S/C13H23BrN2O2/c1-9(2)12(14)13(17)15-6-11-7-16-5-3-4-10(16)8-18-11/h9-12H,3-8H2,1-2H3,(H,15,17). The van der Waals surface area contributed by atoms with Crippen LogP contribution in [-0.4, -0.2) is 54.0 Å². The van der Waals surface area contributed by atoms with Crippen molar-refractivity contribution in [3.8, 4) is 0 Å². The predicted molar refractivity (Wildman–Crippen MR) is 74.9 cm³/mol. The van der Waals surface area contributed by atoms with Gasteiger partial charge in [-0.3, -0.25) is 9.69 Å². The van der Waals surface area contributed by atoms with Crippen LogP contribution in [0.1, 0.15) is 26.7 Å². The molecule has 104 valence electrons. The molecule has 0 aliphatic carbocycles. The number of carbonyl (C=O) groups excluding carboxylic acids is 1. The van der Waals surface area contributed by atoms with Gasteiger partial charge in [0.15, 0.2) is 0 Å². The summed E-state index contributed by atoms with van der Waals surface area (Å²) in [6.45, 7) is 7.65. The van der Waals surface area contributed by atoms with E-state index >= 15 is 0 Å². The van der Waals surface area contributed by atoms with Crippen molar-refractivity contribution in [1.29, 1.82) is 0 Å². The summed E-state index contributed by atoms with van der Waals surface area (Å²) in [5.74, 6) is 0.373. The highest BCUT2D eigenvalue weighted by atomic mass is 79.9. The Hall–Kier alpha value is -0.130. The number of alkyl halides is 1. The van der Waals surface area contributed by atoms with Crippen LogP contribution in [0.3, 0.4) is 0 Å². The average Bonchev–Trinajstić information content (AvgIpc) is 2.82. The first-order chi connectivity index (χ1) is 8.58. The number of morpholine rings is 1. The van der Waals surface area contributed by atoms with E-state index in [9.17, 15) is 4.79 Å². The van der Waals surface area contributed by atoms with E-state index in [-0.39, 0.29) is 16.8 Å². The smallest absolute Gasteiger partial charge is 0.234 e. The quantitative estimate of drug-likeness (QED) is 0.796. The summed E-state index contributed by atoms with van der Waals surface area (Å²) in [5, 5.41) is 2.98. The number of fused-ring (bicyclic) bond motifs is 1. The van der Waals surface area contributed by atoms with Gasteiger partial charge in [0, 0.05) is 19.1 Å². The third kappa shape index (κ3) is 3.45. The molecule has 2 heterocycles. The lowest BCUT2D eigenvalue weighted by atomic mass is 10.1. The Labute approximate surface area is 118 Å². The van der Waals surface area contributed by atoms with E-state index in [1.54, 1.807) is 0 Å². The summed E-state index contributed by atoms with van der Waals surface area (Å²) in [4.78, 5) is 14.2. The van der Waals surface area contributed by atoms with Crippen molar-refractivity contribution < 1.29 is 9.53 Å². The zero-order valence-electron chi connectivity index (χ0n) is 11.2. The molecule has 0 aromatic heterocycles. The van der Waals surface area contributed by atoms with Crippen LogP contribution in [0.5, 0.6) is 0 Å². The topological polar surface area (TPSA) is 41.6 Å². The number of ether oxygens (including phenoxy) is 1. The van der Waals surface area contributed by atoms with E-state index in [1.807, 2.05) is 13.8 Å². The molecule has 2 fully saturated rings. The van der Waals surface area contributed by atoms with Crippen molar-refractivity contribution in [2.75, 3.05) is 26.2 Å². The molecule has 3 atom stereocenters. The third-order valence-corrected chi connectivity index (χ3v) is 5.27. The maximum atomic E-state index is 11.8. The highest BCUT2D eigenvalue weighted by Gasteiger charge is 2.32. The largest absolute Gasteiger partial charge is 0.373 e. The first-order valence-electron chi connectivity index (χ1n) is 6.85. The number of hydrogen-bond donors (Lipinski definition) is 1. The zero-order valence-corrected chi connectivity index (χ0v) is 12.8. The monoisotopic (exact) mass is 318 g/mol. The van der Waals surface area contributed by atoms with E-state index in [2.05, 4.69) is 26.1 Å². The number of amides is 1. The molecule has 2 aliphatic rings. The molecule has 2 aliphatic heterocycles. The van der Waals surface area contributed by atoms with Gasteiger partial charge in [0.2, 0.25) is 5.91 Å². The van der Waals surface area contributed by atoms with Gasteiger partial charge in [-0.1, -0.05) is 29.8 Å². The lowest BCUT2D eigenvalue weighted by molar-refractivity contribution is -0.122.